The van der Waals surface area contributed by atoms with Gasteiger partial charge in [0.05, 0.1) is 0 Å². The Morgan fingerprint density at radius 3 is 1.87 bits per heavy atom. The van der Waals surface area contributed by atoms with E-state index in [1.54, 1.807) is 30.3 Å². The molecule has 0 saturated heterocycles. The average Bonchev–Trinajstić information content (AvgIpc) is 2.90. The molecule has 0 radical (unpaired) electrons. The zero-order valence-electron chi connectivity index (χ0n) is 20.1. The molecule has 0 aliphatic rings. The largest absolute Gasteiger partial charge is 0.207 e. The highest BCUT2D eigenvalue weighted by Gasteiger charge is 2.14. The van der Waals surface area contributed by atoms with Gasteiger partial charge in [-0.05, 0) is 77.9 Å². The molecule has 7 heteroatoms. The van der Waals surface area contributed by atoms with Crippen LogP contribution in [0.4, 0.5) is 30.7 Å². The van der Waals surface area contributed by atoms with Crippen LogP contribution in [0.25, 0.3) is 28.1 Å². The highest BCUT2D eigenvalue weighted by atomic mass is 19.2. The maximum Gasteiger partial charge on any atom is 0.194 e. The molecule has 0 spiro atoms. The lowest BCUT2D eigenvalue weighted by atomic mass is 9.97. The fraction of sp³-hybridized carbons (Fsp3) is 0.0968. The highest BCUT2D eigenvalue weighted by molar-refractivity contribution is 5.70. The molecule has 0 aliphatic heterocycles. The van der Waals surface area contributed by atoms with Crippen LogP contribution in [0.1, 0.15) is 23.6 Å². The molecule has 4 rings (SSSR count). The Hall–Kier alpha value is -4.13. The molecule has 0 unspecified atom stereocenters. The van der Waals surface area contributed by atoms with Crippen LogP contribution in [0.15, 0.2) is 90.8 Å². The molecule has 0 atom stereocenters. The van der Waals surface area contributed by atoms with Crippen molar-refractivity contribution in [2.45, 2.75) is 19.8 Å². The Labute approximate surface area is 215 Å². The van der Waals surface area contributed by atoms with E-state index in [1.807, 2.05) is 0 Å². The molecule has 0 amide bonds. The third-order valence-electron chi connectivity index (χ3n) is 6.06. The molecule has 0 aliphatic carbocycles. The first-order valence-corrected chi connectivity index (χ1v) is 11.7. The minimum absolute atomic E-state index is 0.0442. The molecule has 38 heavy (non-hydrogen) atoms. The molecule has 0 aromatic heterocycles. The van der Waals surface area contributed by atoms with Gasteiger partial charge in [-0.25, -0.2) is 30.7 Å². The summed E-state index contributed by atoms with van der Waals surface area (Å²) in [5, 5.41) is 0. The van der Waals surface area contributed by atoms with Crippen molar-refractivity contribution in [3.63, 3.8) is 0 Å². The second-order valence-electron chi connectivity index (χ2n) is 8.61. The van der Waals surface area contributed by atoms with Crippen LogP contribution in [0.5, 0.6) is 0 Å². The molecule has 194 valence electrons. The lowest BCUT2D eigenvalue weighted by molar-refractivity contribution is 0.448. The van der Waals surface area contributed by atoms with Crippen molar-refractivity contribution < 1.29 is 30.7 Å². The van der Waals surface area contributed by atoms with Crippen LogP contribution in [0.2, 0.25) is 0 Å². The fourth-order valence-electron chi connectivity index (χ4n) is 4.03. The van der Waals surface area contributed by atoms with Crippen molar-refractivity contribution >= 4 is 5.83 Å². The maximum absolute atomic E-state index is 14.8. The number of hydrogen-bond donors (Lipinski definition) is 0. The van der Waals surface area contributed by atoms with E-state index in [0.717, 1.165) is 29.8 Å². The minimum atomic E-state index is -1.53. The molecule has 0 bridgehead atoms. The molecular formula is C31H21F7. The van der Waals surface area contributed by atoms with Gasteiger partial charge in [-0.15, -0.1) is 0 Å². The summed E-state index contributed by atoms with van der Waals surface area (Å²) in [5.41, 5.74) is 1.94. The van der Waals surface area contributed by atoms with Crippen LogP contribution in [-0.4, -0.2) is 0 Å². The summed E-state index contributed by atoms with van der Waals surface area (Å²) >= 11 is 0. The average molecular weight is 526 g/mol. The highest BCUT2D eigenvalue weighted by Crippen LogP contribution is 2.30. The molecule has 0 heterocycles. The topological polar surface area (TPSA) is 0 Å². The molecular weight excluding hydrogens is 505 g/mol. The van der Waals surface area contributed by atoms with E-state index >= 15 is 0 Å². The quantitative estimate of drug-likeness (QED) is 0.128. The summed E-state index contributed by atoms with van der Waals surface area (Å²) in [6, 6.07) is 16.2. The van der Waals surface area contributed by atoms with Crippen LogP contribution < -0.4 is 0 Å². The van der Waals surface area contributed by atoms with Gasteiger partial charge >= 0.3 is 0 Å². The van der Waals surface area contributed by atoms with E-state index < -0.39 is 40.7 Å². The third-order valence-corrected chi connectivity index (χ3v) is 6.06. The number of benzene rings is 4. The van der Waals surface area contributed by atoms with Crippen molar-refractivity contribution in [3.8, 4) is 22.3 Å². The first kappa shape index (κ1) is 26.9. The normalized spacial score (nSPS) is 12.2. The first-order valence-electron chi connectivity index (χ1n) is 11.7. The van der Waals surface area contributed by atoms with Gasteiger partial charge in [-0.2, -0.15) is 0 Å². The van der Waals surface area contributed by atoms with Gasteiger partial charge in [-0.1, -0.05) is 54.6 Å². The monoisotopic (exact) mass is 526 g/mol. The molecule has 0 nitrogen and oxygen atoms in total. The Balaban J connectivity index is 1.47. The second kappa shape index (κ2) is 11.5. The third kappa shape index (κ3) is 5.88. The van der Waals surface area contributed by atoms with Crippen LogP contribution in [0.3, 0.4) is 0 Å². The number of allylic oxidation sites excluding steroid dienone is 3. The lowest BCUT2D eigenvalue weighted by Crippen LogP contribution is -1.97. The summed E-state index contributed by atoms with van der Waals surface area (Å²) < 4.78 is 97.5. The van der Waals surface area contributed by atoms with Gasteiger partial charge < -0.3 is 0 Å². The zero-order chi connectivity index (χ0) is 27.4. The summed E-state index contributed by atoms with van der Waals surface area (Å²) in [4.78, 5) is 0. The second-order valence-corrected chi connectivity index (χ2v) is 8.61. The smallest absolute Gasteiger partial charge is 0.194 e. The predicted octanol–water partition coefficient (Wildman–Crippen LogP) is 9.68. The summed E-state index contributed by atoms with van der Waals surface area (Å²) in [5.74, 6) is -7.77. The fourth-order valence-corrected chi connectivity index (χ4v) is 4.03. The van der Waals surface area contributed by atoms with E-state index in [1.165, 1.54) is 37.3 Å². The van der Waals surface area contributed by atoms with Crippen molar-refractivity contribution in [3.05, 3.63) is 137 Å². The van der Waals surface area contributed by atoms with Gasteiger partial charge in [-0.3, -0.25) is 0 Å². The number of halogens is 7. The van der Waals surface area contributed by atoms with Crippen molar-refractivity contribution in [2.75, 3.05) is 0 Å². The van der Waals surface area contributed by atoms with E-state index in [-0.39, 0.29) is 22.3 Å². The minimum Gasteiger partial charge on any atom is -0.207 e. The molecule has 0 N–H and O–H groups in total. The zero-order valence-corrected chi connectivity index (χ0v) is 20.1. The van der Waals surface area contributed by atoms with Gasteiger partial charge in [0.15, 0.2) is 29.1 Å². The van der Waals surface area contributed by atoms with Crippen molar-refractivity contribution in [1.29, 1.82) is 0 Å². The van der Waals surface area contributed by atoms with Crippen LogP contribution in [0, 0.1) is 29.1 Å². The van der Waals surface area contributed by atoms with E-state index in [0.29, 0.717) is 24.0 Å². The lowest BCUT2D eigenvalue weighted by Gasteiger charge is -2.10. The van der Waals surface area contributed by atoms with E-state index in [9.17, 15) is 30.7 Å². The SMILES string of the molecule is C/C=C/C(F)=C(\F)c1ccc(-c2ccc(CCc3ccc(-c4cc(F)c(F)c(F)c4)cc3)c(F)c2)c(F)c1. The Morgan fingerprint density at radius 1 is 0.632 bits per heavy atom. The number of hydrogen-bond acceptors (Lipinski definition) is 0. The molecule has 0 fully saturated rings. The summed E-state index contributed by atoms with van der Waals surface area (Å²) in [7, 11) is 0. The summed E-state index contributed by atoms with van der Waals surface area (Å²) in [6.45, 7) is 1.52. The first-order chi connectivity index (χ1) is 18.2. The van der Waals surface area contributed by atoms with E-state index in [2.05, 4.69) is 0 Å². The number of rotatable bonds is 7. The van der Waals surface area contributed by atoms with Gasteiger partial charge in [0.2, 0.25) is 0 Å². The Bertz CT molecular complexity index is 1510. The van der Waals surface area contributed by atoms with Crippen molar-refractivity contribution in [1.82, 2.24) is 0 Å². The molecule has 4 aromatic carbocycles. The molecule has 4 aromatic rings. The van der Waals surface area contributed by atoms with Gasteiger partial charge in [0.1, 0.15) is 11.6 Å². The van der Waals surface area contributed by atoms with Gasteiger partial charge in [0, 0.05) is 11.1 Å². The maximum atomic E-state index is 14.8. The van der Waals surface area contributed by atoms with Crippen LogP contribution >= 0.6 is 0 Å². The summed E-state index contributed by atoms with van der Waals surface area (Å²) in [6.07, 6.45) is 3.02. The van der Waals surface area contributed by atoms with Crippen LogP contribution in [-0.2, 0) is 12.8 Å². The van der Waals surface area contributed by atoms with Gasteiger partial charge in [0.25, 0.3) is 0 Å². The van der Waals surface area contributed by atoms with Crippen molar-refractivity contribution in [2.24, 2.45) is 0 Å². The Morgan fingerprint density at radius 2 is 1.26 bits per heavy atom. The standard InChI is InChI=1S/C31H21F7/c1-2-3-25(32)30(37)22-12-13-24(27(34)15-22)21-11-10-20(26(33)14-21)9-6-18-4-7-19(8-5-18)23-16-28(35)31(38)29(36)17-23/h2-5,7-8,10-17H,6,9H2,1H3/b3-2+,30-25+. The number of aryl methyl sites for hydroxylation is 2. The predicted molar refractivity (Wildman–Crippen MR) is 135 cm³/mol. The molecule has 0 saturated carbocycles. The Kier molecular flexibility index (Phi) is 8.15. The van der Waals surface area contributed by atoms with E-state index in [4.69, 9.17) is 0 Å².